The van der Waals surface area contributed by atoms with Crippen LogP contribution >= 0.6 is 0 Å². The van der Waals surface area contributed by atoms with Gasteiger partial charge in [-0.3, -0.25) is 4.79 Å². The Kier molecular flexibility index (Phi) is 4.61. The lowest BCUT2D eigenvalue weighted by atomic mass is 9.81. The van der Waals surface area contributed by atoms with Crippen LogP contribution in [-0.4, -0.2) is 47.8 Å². The number of hydrogen-bond donors (Lipinski definition) is 2. The summed E-state index contributed by atoms with van der Waals surface area (Å²) in [6.45, 7) is 1.56. The molecule has 6 nitrogen and oxygen atoms in total. The van der Waals surface area contributed by atoms with Gasteiger partial charge in [0.2, 0.25) is 0 Å². The van der Waals surface area contributed by atoms with E-state index in [0.717, 1.165) is 37.9 Å². The molecule has 4 atom stereocenters. The van der Waals surface area contributed by atoms with Crippen molar-refractivity contribution in [1.29, 1.82) is 0 Å². The number of carbonyl (C=O) groups excluding carboxylic acids is 1. The standard InChI is InChI=1S/C20H26N2O4/c23-18(24)20-10-4-8-15(20)12-22(13-20)19(25)21-17(16-9-5-11-26-16)14-6-2-1-3-7-14/h1-3,6-7,15-17H,4-5,8-13H2,(H,21,25)(H,23,24)/t15-,16?,17?,20+/m0/s1. The van der Waals surface area contributed by atoms with Gasteiger partial charge in [-0.15, -0.1) is 0 Å². The van der Waals surface area contributed by atoms with E-state index in [1.807, 2.05) is 30.3 Å². The molecule has 2 aliphatic heterocycles. The Balaban J connectivity index is 1.50. The van der Waals surface area contributed by atoms with E-state index in [-0.39, 0.29) is 24.1 Å². The number of benzene rings is 1. The molecule has 1 aromatic rings. The third kappa shape index (κ3) is 2.96. The van der Waals surface area contributed by atoms with Crippen molar-refractivity contribution in [2.45, 2.75) is 44.2 Å². The highest BCUT2D eigenvalue weighted by atomic mass is 16.5. The minimum atomic E-state index is -0.756. The van der Waals surface area contributed by atoms with E-state index in [4.69, 9.17) is 4.74 Å². The quantitative estimate of drug-likeness (QED) is 0.867. The average Bonchev–Trinajstić information content (AvgIpc) is 3.35. The van der Waals surface area contributed by atoms with Crippen molar-refractivity contribution < 1.29 is 19.4 Å². The zero-order valence-corrected chi connectivity index (χ0v) is 14.9. The lowest BCUT2D eigenvalue weighted by Gasteiger charge is -2.28. The van der Waals surface area contributed by atoms with Crippen molar-refractivity contribution in [3.8, 4) is 0 Å². The molecule has 0 radical (unpaired) electrons. The number of nitrogens with one attached hydrogen (secondary N) is 1. The Labute approximate surface area is 153 Å². The van der Waals surface area contributed by atoms with Crippen molar-refractivity contribution in [2.24, 2.45) is 11.3 Å². The van der Waals surface area contributed by atoms with Crippen molar-refractivity contribution in [3.05, 3.63) is 35.9 Å². The molecule has 2 amide bonds. The highest BCUT2D eigenvalue weighted by Gasteiger charge is 2.56. The fourth-order valence-electron chi connectivity index (χ4n) is 4.93. The fourth-order valence-corrected chi connectivity index (χ4v) is 4.93. The summed E-state index contributed by atoms with van der Waals surface area (Å²) >= 11 is 0. The monoisotopic (exact) mass is 358 g/mol. The molecule has 1 saturated carbocycles. The molecule has 3 fully saturated rings. The zero-order valence-electron chi connectivity index (χ0n) is 14.9. The van der Waals surface area contributed by atoms with Crippen LogP contribution in [0.2, 0.25) is 0 Å². The maximum absolute atomic E-state index is 12.9. The first-order valence-electron chi connectivity index (χ1n) is 9.55. The van der Waals surface area contributed by atoms with Gasteiger partial charge in [-0.2, -0.15) is 0 Å². The predicted octanol–water partition coefficient (Wildman–Crippen LogP) is 2.80. The van der Waals surface area contributed by atoms with E-state index in [9.17, 15) is 14.7 Å². The molecule has 1 aromatic carbocycles. The van der Waals surface area contributed by atoms with Gasteiger partial charge in [0.1, 0.15) is 0 Å². The van der Waals surface area contributed by atoms with E-state index in [2.05, 4.69) is 5.32 Å². The number of amides is 2. The van der Waals surface area contributed by atoms with E-state index < -0.39 is 11.4 Å². The zero-order chi connectivity index (χ0) is 18.1. The smallest absolute Gasteiger partial charge is 0.318 e. The first-order chi connectivity index (χ1) is 12.6. The Bertz CT molecular complexity index is 674. The number of fused-ring (bicyclic) bond motifs is 1. The van der Waals surface area contributed by atoms with Crippen molar-refractivity contribution in [1.82, 2.24) is 10.2 Å². The molecule has 26 heavy (non-hydrogen) atoms. The summed E-state index contributed by atoms with van der Waals surface area (Å²) in [7, 11) is 0. The Hall–Kier alpha value is -2.08. The molecule has 1 aliphatic carbocycles. The number of aliphatic carboxylic acids is 1. The molecule has 3 aliphatic rings. The maximum Gasteiger partial charge on any atom is 0.318 e. The van der Waals surface area contributed by atoms with Crippen LogP contribution in [0, 0.1) is 11.3 Å². The molecule has 4 rings (SSSR count). The van der Waals surface area contributed by atoms with E-state index in [1.165, 1.54) is 0 Å². The van der Waals surface area contributed by atoms with Crippen LogP contribution < -0.4 is 5.32 Å². The molecule has 2 N–H and O–H groups in total. The number of urea groups is 1. The Morgan fingerprint density at radius 1 is 1.23 bits per heavy atom. The second-order valence-corrected chi connectivity index (χ2v) is 7.82. The summed E-state index contributed by atoms with van der Waals surface area (Å²) in [6.07, 6.45) is 4.39. The number of hydrogen-bond acceptors (Lipinski definition) is 3. The number of rotatable bonds is 4. The second-order valence-electron chi connectivity index (χ2n) is 7.82. The summed E-state index contributed by atoms with van der Waals surface area (Å²) in [6, 6.07) is 9.51. The van der Waals surface area contributed by atoms with E-state index in [1.54, 1.807) is 4.90 Å². The van der Waals surface area contributed by atoms with Crippen molar-refractivity contribution >= 4 is 12.0 Å². The number of carbonyl (C=O) groups is 2. The van der Waals surface area contributed by atoms with Gasteiger partial charge in [0.25, 0.3) is 0 Å². The number of ether oxygens (including phenoxy) is 1. The SMILES string of the molecule is O=C(NC(c1ccccc1)C1CCCO1)N1C[C@@H]2CCC[C@@]2(C(=O)O)C1. The molecule has 2 saturated heterocycles. The first kappa shape index (κ1) is 17.3. The number of nitrogens with zero attached hydrogens (tertiary/aromatic N) is 1. The lowest BCUT2D eigenvalue weighted by molar-refractivity contribution is -0.149. The van der Waals surface area contributed by atoms with Gasteiger partial charge in [-0.1, -0.05) is 36.8 Å². The molecule has 0 aromatic heterocycles. The molecule has 2 heterocycles. The van der Waals surface area contributed by atoms with Crippen molar-refractivity contribution in [2.75, 3.05) is 19.7 Å². The summed E-state index contributed by atoms with van der Waals surface area (Å²) in [5, 5.41) is 12.9. The molecular weight excluding hydrogens is 332 g/mol. The normalized spacial score (nSPS) is 31.6. The van der Waals surface area contributed by atoms with Crippen LogP contribution in [0.25, 0.3) is 0 Å². The Morgan fingerprint density at radius 3 is 2.69 bits per heavy atom. The molecule has 0 bridgehead atoms. The number of carboxylic acid groups (broad SMARTS) is 1. The van der Waals surface area contributed by atoms with Gasteiger partial charge >= 0.3 is 12.0 Å². The van der Waals surface area contributed by atoms with E-state index >= 15 is 0 Å². The predicted molar refractivity (Wildman–Crippen MR) is 95.7 cm³/mol. The fraction of sp³-hybridized carbons (Fsp3) is 0.600. The van der Waals surface area contributed by atoms with Gasteiger partial charge in [-0.25, -0.2) is 4.79 Å². The third-order valence-electron chi connectivity index (χ3n) is 6.36. The Morgan fingerprint density at radius 2 is 2.04 bits per heavy atom. The van der Waals surface area contributed by atoms with Crippen LogP contribution in [0.15, 0.2) is 30.3 Å². The topological polar surface area (TPSA) is 78.9 Å². The summed E-state index contributed by atoms with van der Waals surface area (Å²) in [5.74, 6) is -0.683. The summed E-state index contributed by atoms with van der Waals surface area (Å²) < 4.78 is 5.84. The van der Waals surface area contributed by atoms with Gasteiger partial charge in [-0.05, 0) is 37.2 Å². The molecule has 2 unspecified atom stereocenters. The first-order valence-corrected chi connectivity index (χ1v) is 9.55. The van der Waals surface area contributed by atoms with Gasteiger partial charge in [0, 0.05) is 19.7 Å². The summed E-state index contributed by atoms with van der Waals surface area (Å²) in [4.78, 5) is 26.5. The molecule has 140 valence electrons. The minimum Gasteiger partial charge on any atom is -0.481 e. The second kappa shape index (κ2) is 6.91. The van der Waals surface area contributed by atoms with Crippen LogP contribution in [0.5, 0.6) is 0 Å². The van der Waals surface area contributed by atoms with Crippen LogP contribution in [0.3, 0.4) is 0 Å². The highest BCUT2D eigenvalue weighted by molar-refractivity contribution is 5.80. The van der Waals surface area contributed by atoms with Gasteiger partial charge in [0.05, 0.1) is 17.6 Å². The van der Waals surface area contributed by atoms with Crippen LogP contribution in [0.4, 0.5) is 4.79 Å². The third-order valence-corrected chi connectivity index (χ3v) is 6.36. The molecule has 6 heteroatoms. The van der Waals surface area contributed by atoms with Gasteiger partial charge < -0.3 is 20.1 Å². The number of carboxylic acids is 1. The average molecular weight is 358 g/mol. The molecule has 0 spiro atoms. The van der Waals surface area contributed by atoms with Crippen LogP contribution in [0.1, 0.15) is 43.7 Å². The van der Waals surface area contributed by atoms with Gasteiger partial charge in [0.15, 0.2) is 0 Å². The van der Waals surface area contributed by atoms with Crippen LogP contribution in [-0.2, 0) is 9.53 Å². The lowest BCUT2D eigenvalue weighted by Crippen LogP contribution is -2.45. The van der Waals surface area contributed by atoms with E-state index in [0.29, 0.717) is 19.5 Å². The summed E-state index contributed by atoms with van der Waals surface area (Å²) in [5.41, 5.74) is 0.281. The maximum atomic E-state index is 12.9. The van der Waals surface area contributed by atoms with Crippen molar-refractivity contribution in [3.63, 3.8) is 0 Å². The number of likely N-dealkylation sites (tertiary alicyclic amines) is 1. The molecular formula is C20H26N2O4. The highest BCUT2D eigenvalue weighted by Crippen LogP contribution is 2.49. The largest absolute Gasteiger partial charge is 0.481 e. The minimum absolute atomic E-state index is 0.0307.